The number of rotatable bonds is 3. The fourth-order valence-corrected chi connectivity index (χ4v) is 2.66. The Kier molecular flexibility index (Phi) is 4.32. The van der Waals surface area contributed by atoms with Crippen molar-refractivity contribution in [1.29, 1.82) is 0 Å². The molecular weight excluding hydrogens is 276 g/mol. The fraction of sp³-hybridized carbons (Fsp3) is 0.533. The zero-order valence-electron chi connectivity index (χ0n) is 11.9. The summed E-state index contributed by atoms with van der Waals surface area (Å²) in [6.45, 7) is 0.317. The van der Waals surface area contributed by atoms with Gasteiger partial charge in [-0.2, -0.15) is 0 Å². The van der Waals surface area contributed by atoms with Crippen molar-refractivity contribution in [2.45, 2.75) is 30.9 Å². The Morgan fingerprint density at radius 3 is 2.52 bits per heavy atom. The molecule has 0 aromatic heterocycles. The summed E-state index contributed by atoms with van der Waals surface area (Å²) in [5.41, 5.74) is 0.895. The lowest BCUT2D eigenvalue weighted by Crippen LogP contribution is -2.60. The largest absolute Gasteiger partial charge is 0.371 e. The van der Waals surface area contributed by atoms with Crippen LogP contribution in [0.2, 0.25) is 0 Å². The van der Waals surface area contributed by atoms with Gasteiger partial charge in [-0.25, -0.2) is 0 Å². The molecule has 0 N–H and O–H groups in total. The molecule has 0 saturated carbocycles. The molecule has 0 bridgehead atoms. The molecule has 1 unspecified atom stereocenters. The standard InChI is InChI=1S/C15H18O6/c1-17-13-11(16)15(18-2)20-10-8-19-14(21-12(10)13)9-6-4-3-5-7-9/h3-7,10,12-15H,8H2,1-2H3/t10-,12-,13-,14?,15+/m1/s1. The van der Waals surface area contributed by atoms with Gasteiger partial charge >= 0.3 is 0 Å². The second-order valence-corrected chi connectivity index (χ2v) is 4.98. The van der Waals surface area contributed by atoms with E-state index < -0.39 is 30.9 Å². The lowest BCUT2D eigenvalue weighted by Gasteiger charge is -2.43. The monoisotopic (exact) mass is 294 g/mol. The second kappa shape index (κ2) is 6.21. The first-order chi connectivity index (χ1) is 10.2. The van der Waals surface area contributed by atoms with Gasteiger partial charge in [0.25, 0.3) is 0 Å². The maximum Gasteiger partial charge on any atom is 0.220 e. The van der Waals surface area contributed by atoms with Crippen LogP contribution in [0.1, 0.15) is 11.9 Å². The summed E-state index contributed by atoms with van der Waals surface area (Å²) >= 11 is 0. The molecule has 6 heteroatoms. The second-order valence-electron chi connectivity index (χ2n) is 4.98. The third-order valence-electron chi connectivity index (χ3n) is 3.71. The van der Waals surface area contributed by atoms with Gasteiger partial charge in [-0.1, -0.05) is 30.3 Å². The van der Waals surface area contributed by atoms with E-state index in [1.54, 1.807) is 0 Å². The van der Waals surface area contributed by atoms with Gasteiger partial charge in [-0.3, -0.25) is 4.79 Å². The summed E-state index contributed by atoms with van der Waals surface area (Å²) in [7, 11) is 2.90. The van der Waals surface area contributed by atoms with Gasteiger partial charge in [0.1, 0.15) is 18.3 Å². The van der Waals surface area contributed by atoms with Crippen LogP contribution < -0.4 is 0 Å². The van der Waals surface area contributed by atoms with Gasteiger partial charge in [-0.05, 0) is 0 Å². The Morgan fingerprint density at radius 1 is 1.10 bits per heavy atom. The average molecular weight is 294 g/mol. The van der Waals surface area contributed by atoms with Crippen molar-refractivity contribution in [1.82, 2.24) is 0 Å². The van der Waals surface area contributed by atoms with Crippen LogP contribution >= 0.6 is 0 Å². The Hall–Kier alpha value is -1.31. The Balaban J connectivity index is 1.79. The van der Waals surface area contributed by atoms with Crippen LogP contribution in [0.3, 0.4) is 0 Å². The van der Waals surface area contributed by atoms with E-state index in [4.69, 9.17) is 23.7 Å². The first kappa shape index (κ1) is 14.6. The van der Waals surface area contributed by atoms with Crippen LogP contribution in [0.15, 0.2) is 30.3 Å². The predicted octanol–water partition coefficient (Wildman–Crippen LogP) is 1.06. The molecule has 0 radical (unpaired) electrons. The normalized spacial score (nSPS) is 36.3. The van der Waals surface area contributed by atoms with Crippen LogP contribution in [0.25, 0.3) is 0 Å². The van der Waals surface area contributed by atoms with E-state index >= 15 is 0 Å². The Bertz CT molecular complexity index is 490. The SMILES string of the molecule is CO[C@H]1O[C@@H]2COC(c3ccccc3)O[C@H]2[C@H](OC)C1=O. The van der Waals surface area contributed by atoms with E-state index in [2.05, 4.69) is 0 Å². The highest BCUT2D eigenvalue weighted by Crippen LogP contribution is 2.33. The lowest BCUT2D eigenvalue weighted by atomic mass is 9.99. The summed E-state index contributed by atoms with van der Waals surface area (Å²) in [6.07, 6.45) is -3.08. The van der Waals surface area contributed by atoms with Gasteiger partial charge in [0, 0.05) is 19.8 Å². The molecule has 2 heterocycles. The Morgan fingerprint density at radius 2 is 1.86 bits per heavy atom. The van der Waals surface area contributed by atoms with E-state index in [9.17, 15) is 4.79 Å². The number of Topliss-reactive ketones (excluding diaryl/α,β-unsaturated/α-hetero) is 1. The molecule has 2 saturated heterocycles. The number of fused-ring (bicyclic) bond motifs is 1. The summed E-state index contributed by atoms with van der Waals surface area (Å²) in [5, 5.41) is 0. The number of hydrogen-bond acceptors (Lipinski definition) is 6. The van der Waals surface area contributed by atoms with E-state index in [0.29, 0.717) is 6.61 Å². The smallest absolute Gasteiger partial charge is 0.220 e. The maximum atomic E-state index is 12.2. The van der Waals surface area contributed by atoms with Crippen LogP contribution in [-0.2, 0) is 28.5 Å². The van der Waals surface area contributed by atoms with Gasteiger partial charge in [-0.15, -0.1) is 0 Å². The quantitative estimate of drug-likeness (QED) is 0.830. The molecule has 3 rings (SSSR count). The maximum absolute atomic E-state index is 12.2. The zero-order valence-corrected chi connectivity index (χ0v) is 11.9. The number of hydrogen-bond donors (Lipinski definition) is 0. The van der Waals surface area contributed by atoms with Crippen molar-refractivity contribution in [3.05, 3.63) is 35.9 Å². The average Bonchev–Trinajstić information content (AvgIpc) is 2.54. The third kappa shape index (κ3) is 2.73. The molecule has 0 aliphatic carbocycles. The van der Waals surface area contributed by atoms with Gasteiger partial charge in [0.05, 0.1) is 6.61 Å². The zero-order chi connectivity index (χ0) is 14.8. The van der Waals surface area contributed by atoms with Crippen LogP contribution in [0.5, 0.6) is 0 Å². The number of ether oxygens (including phenoxy) is 5. The van der Waals surface area contributed by atoms with Gasteiger partial charge in [0.2, 0.25) is 12.1 Å². The summed E-state index contributed by atoms with van der Waals surface area (Å²) in [4.78, 5) is 12.2. The highest BCUT2D eigenvalue weighted by atomic mass is 16.7. The van der Waals surface area contributed by atoms with Crippen LogP contribution in [0, 0.1) is 0 Å². The number of carbonyl (C=O) groups excluding carboxylic acids is 1. The first-order valence-electron chi connectivity index (χ1n) is 6.81. The molecule has 21 heavy (non-hydrogen) atoms. The van der Waals surface area contributed by atoms with Crippen LogP contribution in [0.4, 0.5) is 0 Å². The lowest BCUT2D eigenvalue weighted by molar-refractivity contribution is -0.319. The molecule has 0 spiro atoms. The van der Waals surface area contributed by atoms with Crippen molar-refractivity contribution in [3.63, 3.8) is 0 Å². The highest BCUT2D eigenvalue weighted by Gasteiger charge is 2.49. The molecule has 5 atom stereocenters. The molecule has 2 aliphatic rings. The molecule has 2 fully saturated rings. The van der Waals surface area contributed by atoms with Gasteiger partial charge in [0.15, 0.2) is 6.29 Å². The van der Waals surface area contributed by atoms with Crippen LogP contribution in [-0.4, -0.2) is 51.2 Å². The fourth-order valence-electron chi connectivity index (χ4n) is 2.66. The van der Waals surface area contributed by atoms with E-state index in [1.807, 2.05) is 30.3 Å². The minimum Gasteiger partial charge on any atom is -0.371 e. The molecular formula is C15H18O6. The van der Waals surface area contributed by atoms with Crippen molar-refractivity contribution in [3.8, 4) is 0 Å². The topological polar surface area (TPSA) is 63.2 Å². The van der Waals surface area contributed by atoms with Crippen molar-refractivity contribution in [2.75, 3.05) is 20.8 Å². The first-order valence-corrected chi connectivity index (χ1v) is 6.81. The van der Waals surface area contributed by atoms with E-state index in [-0.39, 0.29) is 5.78 Å². The summed E-state index contributed by atoms with van der Waals surface area (Å²) in [6, 6.07) is 9.56. The molecule has 2 aliphatic heterocycles. The van der Waals surface area contributed by atoms with E-state index in [1.165, 1.54) is 14.2 Å². The molecule has 6 nitrogen and oxygen atoms in total. The minimum atomic E-state index is -0.934. The predicted molar refractivity (Wildman–Crippen MR) is 71.5 cm³/mol. The number of carbonyl (C=O) groups is 1. The molecule has 0 amide bonds. The highest BCUT2D eigenvalue weighted by molar-refractivity contribution is 5.87. The number of methoxy groups -OCH3 is 2. The molecule has 114 valence electrons. The summed E-state index contributed by atoms with van der Waals surface area (Å²) < 4.78 is 27.5. The minimum absolute atomic E-state index is 0.269. The number of benzene rings is 1. The van der Waals surface area contributed by atoms with Crippen molar-refractivity contribution >= 4 is 5.78 Å². The van der Waals surface area contributed by atoms with Gasteiger partial charge < -0.3 is 23.7 Å². The van der Waals surface area contributed by atoms with Crippen molar-refractivity contribution < 1.29 is 28.5 Å². The number of ketones is 1. The summed E-state index contributed by atoms with van der Waals surface area (Å²) in [5.74, 6) is -0.269. The van der Waals surface area contributed by atoms with Crippen molar-refractivity contribution in [2.24, 2.45) is 0 Å². The molecule has 1 aromatic rings. The van der Waals surface area contributed by atoms with E-state index in [0.717, 1.165) is 5.56 Å². The third-order valence-corrected chi connectivity index (χ3v) is 3.71. The molecule has 1 aromatic carbocycles. The Labute approximate surface area is 122 Å².